The summed E-state index contributed by atoms with van der Waals surface area (Å²) in [6.45, 7) is 1.82. The van der Waals surface area contributed by atoms with Crippen LogP contribution in [0.5, 0.6) is 5.75 Å². The Hall–Kier alpha value is -2.56. The zero-order chi connectivity index (χ0) is 16.7. The maximum absolute atomic E-state index is 11.6. The first-order chi connectivity index (χ1) is 11.1. The number of Topliss-reactive ketones (excluding diaryl/α,β-unsaturated/α-hetero) is 1. The summed E-state index contributed by atoms with van der Waals surface area (Å²) < 4.78 is 5.84. The predicted molar refractivity (Wildman–Crippen MR) is 88.6 cm³/mol. The fourth-order valence-electron chi connectivity index (χ4n) is 2.19. The predicted octanol–water partition coefficient (Wildman–Crippen LogP) is 1.65. The number of carbonyl (C=O) groups excluding carboxylic acids is 1. The summed E-state index contributed by atoms with van der Waals surface area (Å²) in [5, 5.41) is 11.0. The van der Waals surface area contributed by atoms with E-state index in [-0.39, 0.29) is 12.2 Å². The Morgan fingerprint density at radius 2 is 1.83 bits per heavy atom. The lowest BCUT2D eigenvalue weighted by atomic mass is 10.0. The van der Waals surface area contributed by atoms with Crippen molar-refractivity contribution in [1.29, 1.82) is 0 Å². The second kappa shape index (κ2) is 8.18. The Balaban J connectivity index is 2.13. The molecule has 2 aromatic carbocycles. The van der Waals surface area contributed by atoms with Gasteiger partial charge in [-0.25, -0.2) is 0 Å². The van der Waals surface area contributed by atoms with Crippen molar-refractivity contribution in [3.8, 4) is 5.75 Å². The van der Waals surface area contributed by atoms with Crippen molar-refractivity contribution in [3.63, 3.8) is 0 Å². The van der Waals surface area contributed by atoms with Gasteiger partial charge in [0.2, 0.25) is 0 Å². The molecule has 1 atom stereocenters. The van der Waals surface area contributed by atoms with Crippen LogP contribution in [0.1, 0.15) is 18.1 Å². The van der Waals surface area contributed by atoms with E-state index >= 15 is 0 Å². The van der Waals surface area contributed by atoms with Crippen LogP contribution < -0.4 is 9.84 Å². The van der Waals surface area contributed by atoms with Crippen LogP contribution in [0.25, 0.3) is 0 Å². The number of aliphatic imine (C=N–C) groups is 1. The number of hydrogen-bond acceptors (Lipinski definition) is 4. The molecule has 0 aliphatic rings. The zero-order valence-corrected chi connectivity index (χ0v) is 12.9. The second-order valence-corrected chi connectivity index (χ2v) is 5.18. The van der Waals surface area contributed by atoms with Gasteiger partial charge in [0.05, 0.1) is 0 Å². The number of nitrogens with zero attached hydrogens (tertiary/aromatic N) is 1. The van der Waals surface area contributed by atoms with Gasteiger partial charge in [0.1, 0.15) is 26.2 Å². The monoisotopic (exact) mass is 306 g/mol. The Morgan fingerprint density at radius 3 is 2.48 bits per heavy atom. The van der Waals surface area contributed by atoms with E-state index in [9.17, 15) is 9.90 Å². The van der Waals surface area contributed by atoms with Crippen LogP contribution >= 0.6 is 0 Å². The molecule has 4 nitrogen and oxygen atoms in total. The lowest BCUT2D eigenvalue weighted by molar-refractivity contribution is -0.208. The summed E-state index contributed by atoms with van der Waals surface area (Å²) in [7, 11) is 5.07. The first-order valence-electron chi connectivity index (χ1n) is 7.31. The molecule has 116 valence electrons. The Labute approximate surface area is 137 Å². The molecule has 5 heteroatoms. The van der Waals surface area contributed by atoms with Gasteiger partial charge in [0.25, 0.3) is 0 Å². The molecule has 0 aliphatic heterocycles. The van der Waals surface area contributed by atoms with E-state index < -0.39 is 11.8 Å². The third-order valence-corrected chi connectivity index (χ3v) is 3.38. The third-order valence-electron chi connectivity index (χ3n) is 3.38. The highest BCUT2D eigenvalue weighted by atomic mass is 16.5. The molecule has 0 saturated carbocycles. The topological polar surface area (TPSA) is 61.7 Å². The van der Waals surface area contributed by atoms with E-state index in [0.717, 1.165) is 11.1 Å². The maximum atomic E-state index is 11.6. The van der Waals surface area contributed by atoms with E-state index in [1.807, 2.05) is 54.6 Å². The molecular formula is C18H17BNO3-. The van der Waals surface area contributed by atoms with Crippen LogP contribution in [0.3, 0.4) is 0 Å². The highest BCUT2D eigenvalue weighted by molar-refractivity contribution is 6.55. The van der Waals surface area contributed by atoms with Gasteiger partial charge >= 0.3 is 0 Å². The number of carbonyl (C=O) groups is 1. The average Bonchev–Trinajstić information content (AvgIpc) is 2.54. The normalized spacial score (nSPS) is 12.7. The van der Waals surface area contributed by atoms with Crippen molar-refractivity contribution in [2.24, 2.45) is 4.99 Å². The van der Waals surface area contributed by atoms with Crippen molar-refractivity contribution in [2.75, 3.05) is 0 Å². The minimum atomic E-state index is -0.840. The average molecular weight is 306 g/mol. The van der Waals surface area contributed by atoms with E-state index in [1.54, 1.807) is 0 Å². The molecule has 0 saturated heterocycles. The van der Waals surface area contributed by atoms with Crippen LogP contribution in [-0.4, -0.2) is 25.5 Å². The van der Waals surface area contributed by atoms with Gasteiger partial charge in [-0.2, -0.15) is 0 Å². The molecule has 0 bridgehead atoms. The molecule has 2 aromatic rings. The van der Waals surface area contributed by atoms with E-state index in [1.165, 1.54) is 6.92 Å². The van der Waals surface area contributed by atoms with Crippen LogP contribution in [0.2, 0.25) is 0 Å². The molecule has 0 heterocycles. The summed E-state index contributed by atoms with van der Waals surface area (Å²) in [4.78, 5) is 15.3. The number of rotatable bonds is 7. The summed E-state index contributed by atoms with van der Waals surface area (Å²) in [5.41, 5.74) is 1.86. The van der Waals surface area contributed by atoms with Crippen LogP contribution in [0.15, 0.2) is 59.6 Å². The van der Waals surface area contributed by atoms with Crippen LogP contribution in [0.4, 0.5) is 0 Å². The zero-order valence-electron chi connectivity index (χ0n) is 12.9. The fraction of sp³-hybridized carbons (Fsp3) is 0.222. The van der Waals surface area contributed by atoms with Crippen LogP contribution in [-0.2, 0) is 17.8 Å². The standard InChI is InChI=1S/C18H18BNO3/c1-13(21)16(20-18(19)22)11-15-9-5-6-10-17(15)23-12-14-7-3-2-4-8-14/h2-10,16H,11-12H2,1H3,(H,20,22)/p-1/t16-/m1/s1. The van der Waals surface area contributed by atoms with Crippen molar-refractivity contribution in [3.05, 3.63) is 65.7 Å². The lowest BCUT2D eigenvalue weighted by Gasteiger charge is -2.16. The number of hydrogen-bond donors (Lipinski definition) is 0. The van der Waals surface area contributed by atoms with Gasteiger partial charge < -0.3 is 14.8 Å². The smallest absolute Gasteiger partial charge is 0.154 e. The first kappa shape index (κ1) is 16.8. The largest absolute Gasteiger partial charge is 0.870 e. The SMILES string of the molecule is [B]C([O-])=N[C@H](Cc1ccccc1OCc1ccccc1)C(C)=O. The summed E-state index contributed by atoms with van der Waals surface area (Å²) in [5.74, 6) is -0.378. The molecule has 2 radical (unpaired) electrons. The van der Waals surface area contributed by atoms with Gasteiger partial charge in [0, 0.05) is 6.42 Å². The van der Waals surface area contributed by atoms with Crippen molar-refractivity contribution < 1.29 is 14.6 Å². The van der Waals surface area contributed by atoms with Gasteiger partial charge in [-0.15, -0.1) is 0 Å². The number of para-hydroxylation sites is 1. The maximum Gasteiger partial charge on any atom is 0.154 e. The highest BCUT2D eigenvalue weighted by Crippen LogP contribution is 2.22. The minimum absolute atomic E-state index is 0.207. The first-order valence-corrected chi connectivity index (χ1v) is 7.31. The quantitative estimate of drug-likeness (QED) is 0.444. The van der Waals surface area contributed by atoms with Gasteiger partial charge in [-0.3, -0.25) is 4.79 Å². The Kier molecular flexibility index (Phi) is 5.98. The van der Waals surface area contributed by atoms with Crippen molar-refractivity contribution in [1.82, 2.24) is 0 Å². The molecule has 0 unspecified atom stereocenters. The molecule has 0 spiro atoms. The number of benzene rings is 2. The van der Waals surface area contributed by atoms with E-state index in [0.29, 0.717) is 12.4 Å². The third kappa shape index (κ3) is 5.29. The Bertz CT molecular complexity index is 682. The van der Waals surface area contributed by atoms with Gasteiger partial charge in [0.15, 0.2) is 5.78 Å². The van der Waals surface area contributed by atoms with Gasteiger partial charge in [-0.1, -0.05) is 54.3 Å². The number of ketones is 1. The van der Waals surface area contributed by atoms with E-state index in [2.05, 4.69) is 4.99 Å². The highest BCUT2D eigenvalue weighted by Gasteiger charge is 2.15. The van der Waals surface area contributed by atoms with Gasteiger partial charge in [-0.05, 0) is 24.1 Å². The molecule has 0 amide bonds. The molecular weight excluding hydrogens is 289 g/mol. The van der Waals surface area contributed by atoms with Crippen molar-refractivity contribution >= 4 is 19.4 Å². The number of ether oxygens (including phenoxy) is 1. The van der Waals surface area contributed by atoms with Crippen molar-refractivity contribution in [2.45, 2.75) is 26.0 Å². The summed E-state index contributed by atoms with van der Waals surface area (Å²) in [6, 6.07) is 16.4. The lowest BCUT2D eigenvalue weighted by Crippen LogP contribution is -2.26. The molecule has 0 aliphatic carbocycles. The molecule has 2 rings (SSSR count). The Morgan fingerprint density at radius 1 is 1.17 bits per heavy atom. The summed E-state index contributed by atoms with van der Waals surface area (Å²) in [6.07, 6.45) is 0.281. The summed E-state index contributed by atoms with van der Waals surface area (Å²) >= 11 is 0. The second-order valence-electron chi connectivity index (χ2n) is 5.18. The molecule has 0 aromatic heterocycles. The fourth-order valence-corrected chi connectivity index (χ4v) is 2.19. The molecule has 0 N–H and O–H groups in total. The molecule has 23 heavy (non-hydrogen) atoms. The van der Waals surface area contributed by atoms with Crippen LogP contribution in [0, 0.1) is 0 Å². The molecule has 0 fully saturated rings. The minimum Gasteiger partial charge on any atom is -0.870 e. The van der Waals surface area contributed by atoms with E-state index in [4.69, 9.17) is 12.6 Å².